The van der Waals surface area contributed by atoms with Crippen LogP contribution in [0.25, 0.3) is 0 Å². The average Bonchev–Trinajstić information content (AvgIpc) is 3.07. The molecule has 1 aliphatic heterocycles. The summed E-state index contributed by atoms with van der Waals surface area (Å²) in [7, 11) is 0. The van der Waals surface area contributed by atoms with E-state index in [-0.39, 0.29) is 19.1 Å². The Labute approximate surface area is 125 Å². The largest absolute Gasteiger partial charge is 0.454 e. The Bertz CT molecular complexity index is 684. The van der Waals surface area contributed by atoms with Gasteiger partial charge in [0.1, 0.15) is 0 Å². The van der Waals surface area contributed by atoms with Crippen molar-refractivity contribution in [1.82, 2.24) is 4.98 Å². The van der Waals surface area contributed by atoms with E-state index < -0.39 is 0 Å². The Kier molecular flexibility index (Phi) is 3.66. The number of fused-ring (bicyclic) bond motifs is 1. The number of carbonyl (C=O) groups is 1. The molecule has 7 heteroatoms. The van der Waals surface area contributed by atoms with Gasteiger partial charge in [-0.3, -0.25) is 4.79 Å². The molecule has 3 N–H and O–H groups in total. The third kappa shape index (κ3) is 2.92. The molecule has 2 heterocycles. The van der Waals surface area contributed by atoms with E-state index in [9.17, 15) is 4.79 Å². The highest BCUT2D eigenvalue weighted by molar-refractivity contribution is 7.09. The van der Waals surface area contributed by atoms with Gasteiger partial charge in [-0.25, -0.2) is 4.98 Å². The summed E-state index contributed by atoms with van der Waals surface area (Å²) in [5.74, 6) is 1.02. The third-order valence-corrected chi connectivity index (χ3v) is 4.10. The van der Waals surface area contributed by atoms with Crippen molar-refractivity contribution in [2.45, 2.75) is 19.8 Å². The fourth-order valence-corrected chi connectivity index (χ4v) is 2.76. The van der Waals surface area contributed by atoms with Crippen LogP contribution >= 0.6 is 11.3 Å². The number of benzene rings is 1. The van der Waals surface area contributed by atoms with Crippen molar-refractivity contribution in [2.24, 2.45) is 0 Å². The molecule has 2 aromatic rings. The van der Waals surface area contributed by atoms with E-state index in [0.717, 1.165) is 17.1 Å². The number of hydrogen-bond acceptors (Lipinski definition) is 6. The Hall–Kier alpha value is -2.28. The normalized spacial score (nSPS) is 12.4. The molecule has 3 rings (SSSR count). The summed E-state index contributed by atoms with van der Waals surface area (Å²) >= 11 is 1.56. The maximum absolute atomic E-state index is 12.1. The van der Waals surface area contributed by atoms with Crippen molar-refractivity contribution in [3.63, 3.8) is 0 Å². The number of nitrogen functional groups attached to an aromatic ring is 1. The van der Waals surface area contributed by atoms with E-state index in [1.54, 1.807) is 23.5 Å². The van der Waals surface area contributed by atoms with Gasteiger partial charge >= 0.3 is 0 Å². The first-order chi connectivity index (χ1) is 10.2. The maximum atomic E-state index is 12.1. The number of rotatable bonds is 4. The molecule has 0 spiro atoms. The molecule has 0 atom stereocenters. The van der Waals surface area contributed by atoms with Gasteiger partial charge in [-0.05, 0) is 6.42 Å². The Morgan fingerprint density at radius 2 is 2.19 bits per heavy atom. The number of ether oxygens (including phenoxy) is 2. The summed E-state index contributed by atoms with van der Waals surface area (Å²) in [6.45, 7) is 2.21. The molecule has 1 aromatic heterocycles. The van der Waals surface area contributed by atoms with Gasteiger partial charge in [-0.15, -0.1) is 11.3 Å². The molecule has 21 heavy (non-hydrogen) atoms. The molecule has 110 valence electrons. The number of aryl methyl sites for hydroxylation is 1. The average molecular weight is 305 g/mol. The highest BCUT2D eigenvalue weighted by Crippen LogP contribution is 2.38. The smallest absolute Gasteiger partial charge is 0.231 e. The maximum Gasteiger partial charge on any atom is 0.231 e. The highest BCUT2D eigenvalue weighted by atomic mass is 32.1. The minimum atomic E-state index is -0.159. The van der Waals surface area contributed by atoms with Gasteiger partial charge in [0.25, 0.3) is 0 Å². The fourth-order valence-electron chi connectivity index (χ4n) is 2.02. The van der Waals surface area contributed by atoms with E-state index >= 15 is 0 Å². The second-order valence-electron chi connectivity index (χ2n) is 4.60. The summed E-state index contributed by atoms with van der Waals surface area (Å²) < 4.78 is 10.5. The summed E-state index contributed by atoms with van der Waals surface area (Å²) in [5, 5.41) is 5.71. The number of nitrogens with zero attached hydrogens (tertiary/aromatic N) is 1. The summed E-state index contributed by atoms with van der Waals surface area (Å²) in [6.07, 6.45) is 1.10. The molecule has 0 fully saturated rings. The molecule has 6 nitrogen and oxygen atoms in total. The number of nitrogens with one attached hydrogen (secondary N) is 1. The predicted octanol–water partition coefficient (Wildman–Crippen LogP) is 2.20. The SMILES string of the molecule is CCc1nc(CC(=O)Nc2cc3c(cc2N)OCO3)cs1. The van der Waals surface area contributed by atoms with E-state index in [1.165, 1.54) is 0 Å². The number of nitrogens with two attached hydrogens (primary N) is 1. The van der Waals surface area contributed by atoms with Gasteiger partial charge in [0.05, 0.1) is 28.5 Å². The van der Waals surface area contributed by atoms with Crippen molar-refractivity contribution in [3.8, 4) is 11.5 Å². The van der Waals surface area contributed by atoms with Gasteiger partial charge in [0.2, 0.25) is 12.7 Å². The lowest BCUT2D eigenvalue weighted by atomic mass is 10.2. The quantitative estimate of drug-likeness (QED) is 0.846. The highest BCUT2D eigenvalue weighted by Gasteiger charge is 2.17. The molecule has 0 unspecified atom stereocenters. The molecule has 0 aliphatic carbocycles. The number of hydrogen-bond donors (Lipinski definition) is 2. The van der Waals surface area contributed by atoms with Gasteiger partial charge in [0, 0.05) is 17.5 Å². The van der Waals surface area contributed by atoms with Gasteiger partial charge in [-0.2, -0.15) is 0 Å². The van der Waals surface area contributed by atoms with Crippen LogP contribution in [-0.4, -0.2) is 17.7 Å². The lowest BCUT2D eigenvalue weighted by Crippen LogP contribution is -2.15. The van der Waals surface area contributed by atoms with Gasteiger partial charge in [0.15, 0.2) is 11.5 Å². The van der Waals surface area contributed by atoms with Crippen molar-refractivity contribution >= 4 is 28.6 Å². The summed E-state index contributed by atoms with van der Waals surface area (Å²) in [6, 6.07) is 3.32. The van der Waals surface area contributed by atoms with Crippen LogP contribution in [0.4, 0.5) is 11.4 Å². The van der Waals surface area contributed by atoms with Crippen LogP contribution in [0.5, 0.6) is 11.5 Å². The first kappa shape index (κ1) is 13.7. The number of anilines is 2. The molecule has 0 saturated heterocycles. The number of carbonyl (C=O) groups excluding carboxylic acids is 1. The summed E-state index contributed by atoms with van der Waals surface area (Å²) in [5.41, 5.74) is 7.64. The zero-order valence-electron chi connectivity index (χ0n) is 11.5. The minimum absolute atomic E-state index is 0.159. The Balaban J connectivity index is 1.70. The molecule has 0 saturated carbocycles. The molecule has 0 radical (unpaired) electrons. The van der Waals surface area contributed by atoms with Crippen LogP contribution in [0.15, 0.2) is 17.5 Å². The zero-order chi connectivity index (χ0) is 14.8. The van der Waals surface area contributed by atoms with Crippen LogP contribution in [0, 0.1) is 0 Å². The van der Waals surface area contributed by atoms with Crippen molar-refractivity contribution in [1.29, 1.82) is 0 Å². The lowest BCUT2D eigenvalue weighted by Gasteiger charge is -2.08. The molecule has 1 aromatic carbocycles. The second kappa shape index (κ2) is 5.61. The van der Waals surface area contributed by atoms with Crippen molar-refractivity contribution in [3.05, 3.63) is 28.2 Å². The van der Waals surface area contributed by atoms with Crippen molar-refractivity contribution < 1.29 is 14.3 Å². The number of amides is 1. The number of thiazole rings is 1. The first-order valence-electron chi connectivity index (χ1n) is 6.58. The van der Waals surface area contributed by atoms with E-state index in [1.807, 2.05) is 12.3 Å². The monoisotopic (exact) mass is 305 g/mol. The molecular weight excluding hydrogens is 290 g/mol. The predicted molar refractivity (Wildman–Crippen MR) is 80.8 cm³/mol. The van der Waals surface area contributed by atoms with Crippen molar-refractivity contribution in [2.75, 3.05) is 17.8 Å². The standard InChI is InChI=1S/C14H15N3O3S/c1-2-14-16-8(6-21-14)3-13(18)17-10-5-12-11(4-9(10)15)19-7-20-12/h4-6H,2-3,7,15H2,1H3,(H,17,18). The molecule has 1 amide bonds. The van der Waals surface area contributed by atoms with Crippen LogP contribution in [0.1, 0.15) is 17.6 Å². The van der Waals surface area contributed by atoms with Crippen LogP contribution < -0.4 is 20.5 Å². The minimum Gasteiger partial charge on any atom is -0.454 e. The van der Waals surface area contributed by atoms with Gasteiger partial charge in [-0.1, -0.05) is 6.92 Å². The van der Waals surface area contributed by atoms with E-state index in [4.69, 9.17) is 15.2 Å². The van der Waals surface area contributed by atoms with E-state index in [2.05, 4.69) is 10.3 Å². The van der Waals surface area contributed by atoms with Crippen LogP contribution in [0.2, 0.25) is 0 Å². The molecule has 0 bridgehead atoms. The Morgan fingerprint density at radius 1 is 1.43 bits per heavy atom. The van der Waals surface area contributed by atoms with Crippen LogP contribution in [0.3, 0.4) is 0 Å². The second-order valence-corrected chi connectivity index (χ2v) is 5.55. The third-order valence-electron chi connectivity index (χ3n) is 3.06. The topological polar surface area (TPSA) is 86.5 Å². The molecule has 1 aliphatic rings. The Morgan fingerprint density at radius 3 is 2.90 bits per heavy atom. The zero-order valence-corrected chi connectivity index (χ0v) is 12.3. The van der Waals surface area contributed by atoms with Gasteiger partial charge < -0.3 is 20.5 Å². The lowest BCUT2D eigenvalue weighted by molar-refractivity contribution is -0.115. The first-order valence-corrected chi connectivity index (χ1v) is 7.46. The van der Waals surface area contributed by atoms with Crippen LogP contribution in [-0.2, 0) is 17.6 Å². The summed E-state index contributed by atoms with van der Waals surface area (Å²) in [4.78, 5) is 16.4. The fraction of sp³-hybridized carbons (Fsp3) is 0.286. The van der Waals surface area contributed by atoms with E-state index in [0.29, 0.717) is 22.9 Å². The number of aromatic nitrogens is 1. The molecular formula is C14H15N3O3S.